The fourth-order valence-electron chi connectivity index (χ4n) is 3.05. The van der Waals surface area contributed by atoms with Gasteiger partial charge in [-0.1, -0.05) is 12.1 Å². The average Bonchev–Trinajstić information content (AvgIpc) is 3.39. The zero-order valence-corrected chi connectivity index (χ0v) is 17.3. The SMILES string of the molecule is CC(C)(C)OC(=O)N1CCN(c2nsnc2-c2ccc(-n3cnnn3)cc2)CC1. The lowest BCUT2D eigenvalue weighted by atomic mass is 10.1. The van der Waals surface area contributed by atoms with Crippen LogP contribution in [0.25, 0.3) is 16.9 Å². The Morgan fingerprint density at radius 3 is 2.41 bits per heavy atom. The van der Waals surface area contributed by atoms with Crippen molar-refractivity contribution in [2.45, 2.75) is 26.4 Å². The number of carbonyl (C=O) groups is 1. The molecule has 11 heteroatoms. The molecule has 0 saturated carbocycles. The summed E-state index contributed by atoms with van der Waals surface area (Å²) in [5.74, 6) is 0.842. The molecule has 0 bridgehead atoms. The number of anilines is 1. The van der Waals surface area contributed by atoms with Gasteiger partial charge in [0.2, 0.25) is 0 Å². The molecular weight excluding hydrogens is 392 g/mol. The zero-order chi connectivity index (χ0) is 20.4. The first-order valence-corrected chi connectivity index (χ1v) is 10.0. The number of rotatable bonds is 3. The van der Waals surface area contributed by atoms with E-state index in [9.17, 15) is 4.79 Å². The number of carbonyl (C=O) groups excluding carboxylic acids is 1. The molecule has 29 heavy (non-hydrogen) atoms. The topological polar surface area (TPSA) is 102 Å². The lowest BCUT2D eigenvalue weighted by Crippen LogP contribution is -2.50. The maximum absolute atomic E-state index is 12.3. The molecular formula is C18H22N8O2S. The van der Waals surface area contributed by atoms with Crippen LogP contribution in [0.4, 0.5) is 10.6 Å². The van der Waals surface area contributed by atoms with Gasteiger partial charge in [0, 0.05) is 31.7 Å². The van der Waals surface area contributed by atoms with Crippen molar-refractivity contribution in [3.63, 3.8) is 0 Å². The average molecular weight is 414 g/mol. The van der Waals surface area contributed by atoms with Crippen LogP contribution >= 0.6 is 11.7 Å². The summed E-state index contributed by atoms with van der Waals surface area (Å²) in [5, 5.41) is 11.2. The monoisotopic (exact) mass is 414 g/mol. The maximum atomic E-state index is 12.3. The molecule has 1 saturated heterocycles. The Hall–Kier alpha value is -3.08. The van der Waals surface area contributed by atoms with Crippen molar-refractivity contribution in [2.24, 2.45) is 0 Å². The molecule has 1 aliphatic heterocycles. The van der Waals surface area contributed by atoms with E-state index < -0.39 is 5.60 Å². The normalized spacial score (nSPS) is 14.9. The summed E-state index contributed by atoms with van der Waals surface area (Å²) in [6, 6.07) is 7.84. The minimum absolute atomic E-state index is 0.271. The van der Waals surface area contributed by atoms with E-state index in [0.29, 0.717) is 26.2 Å². The third-order valence-electron chi connectivity index (χ3n) is 4.46. The number of benzene rings is 1. The molecule has 10 nitrogen and oxygen atoms in total. The molecule has 1 aromatic carbocycles. The first-order chi connectivity index (χ1) is 13.9. The second-order valence-corrected chi connectivity index (χ2v) is 8.22. The van der Waals surface area contributed by atoms with Gasteiger partial charge in [0.05, 0.1) is 17.4 Å². The fraction of sp³-hybridized carbons (Fsp3) is 0.444. The molecule has 2 aromatic heterocycles. The van der Waals surface area contributed by atoms with E-state index in [1.54, 1.807) is 15.9 Å². The van der Waals surface area contributed by atoms with Gasteiger partial charge in [-0.15, -0.1) is 5.10 Å². The number of nitrogens with zero attached hydrogens (tertiary/aromatic N) is 8. The van der Waals surface area contributed by atoms with Gasteiger partial charge in [-0.2, -0.15) is 8.75 Å². The summed E-state index contributed by atoms with van der Waals surface area (Å²) in [6.07, 6.45) is 1.28. The fourth-order valence-corrected chi connectivity index (χ4v) is 3.64. The van der Waals surface area contributed by atoms with Crippen molar-refractivity contribution in [3.8, 4) is 16.9 Å². The predicted molar refractivity (Wildman–Crippen MR) is 108 cm³/mol. The van der Waals surface area contributed by atoms with Crippen LogP contribution in [0.1, 0.15) is 20.8 Å². The summed E-state index contributed by atoms with van der Waals surface area (Å²) in [5.41, 5.74) is 2.19. The summed E-state index contributed by atoms with van der Waals surface area (Å²) in [4.78, 5) is 16.2. The molecule has 4 rings (SSSR count). The van der Waals surface area contributed by atoms with E-state index >= 15 is 0 Å². The quantitative estimate of drug-likeness (QED) is 0.643. The highest BCUT2D eigenvalue weighted by molar-refractivity contribution is 6.99. The summed E-state index contributed by atoms with van der Waals surface area (Å²) in [6.45, 7) is 8.16. The summed E-state index contributed by atoms with van der Waals surface area (Å²) >= 11 is 1.19. The van der Waals surface area contributed by atoms with Crippen molar-refractivity contribution in [1.82, 2.24) is 33.9 Å². The Balaban J connectivity index is 1.44. The number of ether oxygens (including phenoxy) is 1. The first kappa shape index (κ1) is 19.2. The van der Waals surface area contributed by atoms with Crippen LogP contribution in [0.2, 0.25) is 0 Å². The van der Waals surface area contributed by atoms with Crippen LogP contribution in [0, 0.1) is 0 Å². The maximum Gasteiger partial charge on any atom is 0.410 e. The molecule has 1 fully saturated rings. The number of tetrazole rings is 1. The highest BCUT2D eigenvalue weighted by Gasteiger charge is 2.28. The second kappa shape index (κ2) is 7.74. The number of aromatic nitrogens is 6. The van der Waals surface area contributed by atoms with Gasteiger partial charge in [0.25, 0.3) is 0 Å². The van der Waals surface area contributed by atoms with Crippen molar-refractivity contribution in [3.05, 3.63) is 30.6 Å². The summed E-state index contributed by atoms with van der Waals surface area (Å²) < 4.78 is 16.1. The minimum atomic E-state index is -0.491. The third-order valence-corrected chi connectivity index (χ3v) is 4.98. The molecule has 0 aliphatic carbocycles. The Labute approximate surface area is 172 Å². The summed E-state index contributed by atoms with van der Waals surface area (Å²) in [7, 11) is 0. The van der Waals surface area contributed by atoms with Crippen molar-refractivity contribution in [2.75, 3.05) is 31.1 Å². The van der Waals surface area contributed by atoms with E-state index in [4.69, 9.17) is 4.74 Å². The van der Waals surface area contributed by atoms with Crippen molar-refractivity contribution in [1.29, 1.82) is 0 Å². The number of piperazine rings is 1. The molecule has 3 heterocycles. The van der Waals surface area contributed by atoms with Crippen LogP contribution in [-0.2, 0) is 4.74 Å². The zero-order valence-electron chi connectivity index (χ0n) is 16.5. The van der Waals surface area contributed by atoms with Crippen LogP contribution in [-0.4, -0.2) is 71.7 Å². The Kier molecular flexibility index (Phi) is 5.14. The van der Waals surface area contributed by atoms with E-state index in [1.807, 2.05) is 45.0 Å². The smallest absolute Gasteiger partial charge is 0.410 e. The van der Waals surface area contributed by atoms with E-state index in [2.05, 4.69) is 29.2 Å². The van der Waals surface area contributed by atoms with Crippen LogP contribution < -0.4 is 4.90 Å². The van der Waals surface area contributed by atoms with Crippen LogP contribution in [0.3, 0.4) is 0 Å². The van der Waals surface area contributed by atoms with Gasteiger partial charge >= 0.3 is 6.09 Å². The van der Waals surface area contributed by atoms with Crippen molar-refractivity contribution < 1.29 is 9.53 Å². The molecule has 152 valence electrons. The highest BCUT2D eigenvalue weighted by atomic mass is 32.1. The van der Waals surface area contributed by atoms with E-state index in [-0.39, 0.29) is 6.09 Å². The van der Waals surface area contributed by atoms with Crippen molar-refractivity contribution >= 4 is 23.6 Å². The molecule has 1 amide bonds. The van der Waals surface area contributed by atoms with Gasteiger partial charge in [-0.3, -0.25) is 0 Å². The molecule has 3 aromatic rings. The lowest BCUT2D eigenvalue weighted by Gasteiger charge is -2.35. The largest absolute Gasteiger partial charge is 0.444 e. The molecule has 0 radical (unpaired) electrons. The predicted octanol–water partition coefficient (Wildman–Crippen LogP) is 2.24. The number of hydrogen-bond acceptors (Lipinski definition) is 9. The first-order valence-electron chi connectivity index (χ1n) is 9.30. The Morgan fingerprint density at radius 2 is 1.79 bits per heavy atom. The molecule has 1 aliphatic rings. The number of amides is 1. The third kappa shape index (κ3) is 4.34. The lowest BCUT2D eigenvalue weighted by molar-refractivity contribution is 0.0240. The molecule has 0 unspecified atom stereocenters. The molecule has 0 spiro atoms. The molecule has 0 N–H and O–H groups in total. The van der Waals surface area contributed by atoms with E-state index in [0.717, 1.165) is 22.8 Å². The Bertz CT molecular complexity index is 957. The highest BCUT2D eigenvalue weighted by Crippen LogP contribution is 2.30. The van der Waals surface area contributed by atoms with Crippen LogP contribution in [0.5, 0.6) is 0 Å². The standard InChI is InChI=1S/C18H22N8O2S/c1-18(2,3)28-17(27)25-10-8-24(9-11-25)16-15(20-29-21-16)13-4-6-14(7-5-13)26-12-19-22-23-26/h4-7,12H,8-11H2,1-3H3. The van der Waals surface area contributed by atoms with Gasteiger partial charge in [-0.25, -0.2) is 9.48 Å². The minimum Gasteiger partial charge on any atom is -0.444 e. The Morgan fingerprint density at radius 1 is 1.07 bits per heavy atom. The van der Waals surface area contributed by atoms with Crippen LogP contribution in [0.15, 0.2) is 30.6 Å². The van der Waals surface area contributed by atoms with Gasteiger partial charge in [0.15, 0.2) is 5.82 Å². The molecule has 0 atom stereocenters. The second-order valence-electron chi connectivity index (χ2n) is 7.69. The van der Waals surface area contributed by atoms with Gasteiger partial charge in [-0.05, 0) is 43.3 Å². The van der Waals surface area contributed by atoms with Gasteiger partial charge < -0.3 is 14.5 Å². The van der Waals surface area contributed by atoms with Gasteiger partial charge in [0.1, 0.15) is 17.6 Å². The number of hydrogen-bond donors (Lipinski definition) is 0. The van der Waals surface area contributed by atoms with E-state index in [1.165, 1.54) is 11.7 Å².